The van der Waals surface area contributed by atoms with Crippen molar-refractivity contribution in [3.8, 4) is 12.1 Å². The molecule has 0 aromatic heterocycles. The third-order valence-electron chi connectivity index (χ3n) is 2.00. The molecule has 0 fully saturated rings. The lowest BCUT2D eigenvalue weighted by Gasteiger charge is -2.10. The van der Waals surface area contributed by atoms with Gasteiger partial charge in [0.1, 0.15) is 0 Å². The van der Waals surface area contributed by atoms with E-state index in [-0.39, 0.29) is 11.8 Å². The van der Waals surface area contributed by atoms with E-state index in [1.54, 1.807) is 6.92 Å². The molecule has 0 aliphatic heterocycles. The van der Waals surface area contributed by atoms with Gasteiger partial charge in [-0.2, -0.15) is 10.5 Å². The molecule has 1 aromatic rings. The van der Waals surface area contributed by atoms with Crippen LogP contribution in [0.4, 0.5) is 0 Å². The molecular formula is C11H10N2. The fourth-order valence-corrected chi connectivity index (χ4v) is 1.21. The van der Waals surface area contributed by atoms with Gasteiger partial charge in [-0.1, -0.05) is 30.3 Å². The maximum absolute atomic E-state index is 8.88. The Morgan fingerprint density at radius 3 is 2.15 bits per heavy atom. The number of hydrogen-bond donors (Lipinski definition) is 0. The molecule has 0 aliphatic carbocycles. The predicted molar refractivity (Wildman–Crippen MR) is 49.6 cm³/mol. The molecule has 0 saturated heterocycles. The lowest BCUT2D eigenvalue weighted by molar-refractivity contribution is 0.666. The number of benzene rings is 1. The number of hydrogen-bond acceptors (Lipinski definition) is 2. The molecule has 64 valence electrons. The van der Waals surface area contributed by atoms with Gasteiger partial charge in [-0.05, 0) is 12.5 Å². The topological polar surface area (TPSA) is 47.6 Å². The molecule has 0 saturated carbocycles. The fourth-order valence-electron chi connectivity index (χ4n) is 1.21. The summed E-state index contributed by atoms with van der Waals surface area (Å²) in [4.78, 5) is 0. The standard InChI is InChI=1S/C11H10N2/c1-9(7-12)11(8-13)10-5-3-2-4-6-10/h2-6,9,11H,1H3. The van der Waals surface area contributed by atoms with E-state index in [4.69, 9.17) is 10.5 Å². The maximum Gasteiger partial charge on any atom is 0.0868 e. The Labute approximate surface area is 78.0 Å². The first-order valence-corrected chi connectivity index (χ1v) is 4.13. The van der Waals surface area contributed by atoms with E-state index in [1.807, 2.05) is 30.3 Å². The zero-order valence-electron chi connectivity index (χ0n) is 7.44. The van der Waals surface area contributed by atoms with Gasteiger partial charge in [-0.25, -0.2) is 0 Å². The van der Waals surface area contributed by atoms with Crippen molar-refractivity contribution in [2.75, 3.05) is 0 Å². The van der Waals surface area contributed by atoms with Crippen molar-refractivity contribution in [1.82, 2.24) is 0 Å². The van der Waals surface area contributed by atoms with Gasteiger partial charge in [0.2, 0.25) is 0 Å². The molecule has 0 aliphatic rings. The van der Waals surface area contributed by atoms with Crippen LogP contribution in [0, 0.1) is 28.6 Å². The van der Waals surface area contributed by atoms with Crippen LogP contribution in [-0.2, 0) is 0 Å². The second-order valence-electron chi connectivity index (χ2n) is 2.94. The van der Waals surface area contributed by atoms with Crippen molar-refractivity contribution < 1.29 is 0 Å². The SMILES string of the molecule is CC(C#N)C(C#N)c1ccccc1. The summed E-state index contributed by atoms with van der Waals surface area (Å²) >= 11 is 0. The van der Waals surface area contributed by atoms with Crippen LogP contribution in [0.15, 0.2) is 30.3 Å². The van der Waals surface area contributed by atoms with Crippen LogP contribution in [0.3, 0.4) is 0 Å². The van der Waals surface area contributed by atoms with Crippen molar-refractivity contribution in [3.63, 3.8) is 0 Å². The van der Waals surface area contributed by atoms with Crippen molar-refractivity contribution in [2.45, 2.75) is 12.8 Å². The van der Waals surface area contributed by atoms with Crippen LogP contribution in [0.1, 0.15) is 18.4 Å². The van der Waals surface area contributed by atoms with E-state index in [0.717, 1.165) is 5.56 Å². The molecule has 2 nitrogen and oxygen atoms in total. The number of nitriles is 2. The summed E-state index contributed by atoms with van der Waals surface area (Å²) < 4.78 is 0. The quantitative estimate of drug-likeness (QED) is 0.684. The number of rotatable bonds is 2. The second-order valence-corrected chi connectivity index (χ2v) is 2.94. The van der Waals surface area contributed by atoms with Crippen molar-refractivity contribution in [2.24, 2.45) is 5.92 Å². The van der Waals surface area contributed by atoms with Crippen LogP contribution < -0.4 is 0 Å². The molecular weight excluding hydrogens is 160 g/mol. The van der Waals surface area contributed by atoms with E-state index in [1.165, 1.54) is 0 Å². The van der Waals surface area contributed by atoms with Crippen LogP contribution in [-0.4, -0.2) is 0 Å². The Morgan fingerprint density at radius 1 is 1.08 bits per heavy atom. The summed E-state index contributed by atoms with van der Waals surface area (Å²) in [5.41, 5.74) is 0.916. The van der Waals surface area contributed by atoms with Gasteiger partial charge in [-0.3, -0.25) is 0 Å². The lowest BCUT2D eigenvalue weighted by atomic mass is 9.90. The highest BCUT2D eigenvalue weighted by atomic mass is 14.3. The van der Waals surface area contributed by atoms with E-state index in [9.17, 15) is 0 Å². The second kappa shape index (κ2) is 4.28. The Hall–Kier alpha value is -1.80. The molecule has 0 amide bonds. The Kier molecular flexibility index (Phi) is 3.06. The smallest absolute Gasteiger partial charge is 0.0868 e. The van der Waals surface area contributed by atoms with Crippen LogP contribution in [0.25, 0.3) is 0 Å². The Bertz CT molecular complexity index is 343. The molecule has 0 N–H and O–H groups in total. The minimum Gasteiger partial charge on any atom is -0.198 e. The molecule has 2 heteroatoms. The largest absolute Gasteiger partial charge is 0.198 e. The van der Waals surface area contributed by atoms with Gasteiger partial charge >= 0.3 is 0 Å². The van der Waals surface area contributed by atoms with Gasteiger partial charge in [0.05, 0.1) is 24.0 Å². The maximum atomic E-state index is 8.88. The van der Waals surface area contributed by atoms with Crippen molar-refractivity contribution in [3.05, 3.63) is 35.9 Å². The summed E-state index contributed by atoms with van der Waals surface area (Å²) in [5, 5.41) is 17.6. The molecule has 0 spiro atoms. The third kappa shape index (κ3) is 2.07. The monoisotopic (exact) mass is 170 g/mol. The van der Waals surface area contributed by atoms with E-state index >= 15 is 0 Å². The molecule has 2 unspecified atom stereocenters. The van der Waals surface area contributed by atoms with Gasteiger partial charge < -0.3 is 0 Å². The first-order valence-electron chi connectivity index (χ1n) is 4.13. The summed E-state index contributed by atoms with van der Waals surface area (Å²) in [5.74, 6) is -0.571. The van der Waals surface area contributed by atoms with Crippen LogP contribution in [0.5, 0.6) is 0 Å². The Morgan fingerprint density at radius 2 is 1.69 bits per heavy atom. The minimum atomic E-state index is -0.314. The van der Waals surface area contributed by atoms with Gasteiger partial charge in [0.15, 0.2) is 0 Å². The van der Waals surface area contributed by atoms with Crippen LogP contribution >= 0.6 is 0 Å². The average molecular weight is 170 g/mol. The Balaban J connectivity index is 2.95. The molecule has 1 rings (SSSR count). The van der Waals surface area contributed by atoms with Gasteiger partial charge in [0, 0.05) is 0 Å². The van der Waals surface area contributed by atoms with Crippen molar-refractivity contribution >= 4 is 0 Å². The summed E-state index contributed by atoms with van der Waals surface area (Å²) in [6.07, 6.45) is 0. The summed E-state index contributed by atoms with van der Waals surface area (Å²) in [6, 6.07) is 13.6. The predicted octanol–water partition coefficient (Wildman–Crippen LogP) is 2.45. The lowest BCUT2D eigenvalue weighted by Crippen LogP contribution is -2.05. The van der Waals surface area contributed by atoms with E-state index < -0.39 is 0 Å². The van der Waals surface area contributed by atoms with Gasteiger partial charge in [-0.15, -0.1) is 0 Å². The highest BCUT2D eigenvalue weighted by molar-refractivity contribution is 5.27. The summed E-state index contributed by atoms with van der Waals surface area (Å²) in [6.45, 7) is 1.76. The fraction of sp³-hybridized carbons (Fsp3) is 0.273. The van der Waals surface area contributed by atoms with Crippen molar-refractivity contribution in [1.29, 1.82) is 10.5 Å². The zero-order chi connectivity index (χ0) is 9.68. The first-order chi connectivity index (χ1) is 6.29. The average Bonchev–Trinajstić information content (AvgIpc) is 2.20. The molecule has 0 bridgehead atoms. The highest BCUT2D eigenvalue weighted by Gasteiger charge is 2.17. The normalized spacial score (nSPS) is 13.8. The number of nitrogens with zero attached hydrogens (tertiary/aromatic N) is 2. The highest BCUT2D eigenvalue weighted by Crippen LogP contribution is 2.22. The van der Waals surface area contributed by atoms with Gasteiger partial charge in [0.25, 0.3) is 0 Å². The third-order valence-corrected chi connectivity index (χ3v) is 2.00. The van der Waals surface area contributed by atoms with E-state index in [0.29, 0.717) is 0 Å². The zero-order valence-corrected chi connectivity index (χ0v) is 7.44. The molecule has 1 aromatic carbocycles. The first kappa shape index (κ1) is 9.29. The molecule has 13 heavy (non-hydrogen) atoms. The molecule has 0 heterocycles. The summed E-state index contributed by atoms with van der Waals surface area (Å²) in [7, 11) is 0. The van der Waals surface area contributed by atoms with Crippen LogP contribution in [0.2, 0.25) is 0 Å². The minimum absolute atomic E-state index is 0.257. The molecule has 0 radical (unpaired) electrons. The van der Waals surface area contributed by atoms with E-state index in [2.05, 4.69) is 12.1 Å². The molecule has 2 atom stereocenters.